The van der Waals surface area contributed by atoms with Gasteiger partial charge in [0, 0.05) is 0 Å². The van der Waals surface area contributed by atoms with E-state index in [9.17, 15) is 5.21 Å². The van der Waals surface area contributed by atoms with Crippen LogP contribution in [0, 0.1) is 5.21 Å². The molecular formula is C9H11NO2. The molecule has 1 aromatic carbocycles. The molecule has 0 bridgehead atoms. The second-order valence-corrected chi connectivity index (χ2v) is 2.40. The van der Waals surface area contributed by atoms with Crippen molar-refractivity contribution in [1.82, 2.24) is 0 Å². The fourth-order valence-electron chi connectivity index (χ4n) is 0.845. The maximum absolute atomic E-state index is 9.96. The Morgan fingerprint density at radius 2 is 2.00 bits per heavy atom. The molecular weight excluding hydrogens is 154 g/mol. The fourth-order valence-corrected chi connectivity index (χ4v) is 0.845. The van der Waals surface area contributed by atoms with Crippen LogP contribution in [0.25, 0.3) is 6.08 Å². The lowest BCUT2D eigenvalue weighted by Gasteiger charge is -1.95. The van der Waals surface area contributed by atoms with Crippen molar-refractivity contribution >= 4 is 6.08 Å². The molecule has 3 heteroatoms. The molecule has 0 saturated heterocycles. The van der Waals surface area contributed by atoms with Gasteiger partial charge in [-0.2, -0.15) is 0 Å². The highest BCUT2D eigenvalue weighted by Crippen LogP contribution is 2.10. The summed E-state index contributed by atoms with van der Waals surface area (Å²) < 4.78 is 0. The number of rotatable bonds is 3. The van der Waals surface area contributed by atoms with Crippen molar-refractivity contribution in [2.45, 2.75) is 0 Å². The maximum atomic E-state index is 9.96. The van der Waals surface area contributed by atoms with Crippen molar-refractivity contribution in [3.8, 4) is 5.75 Å². The number of phenolic OH excluding ortho intramolecular Hbond substituents is 1. The summed E-state index contributed by atoms with van der Waals surface area (Å²) in [4.78, 5) is 0. The molecule has 0 radical (unpaired) electrons. The molecule has 0 heterocycles. The highest BCUT2D eigenvalue weighted by molar-refractivity contribution is 5.50. The van der Waals surface area contributed by atoms with Crippen molar-refractivity contribution in [2.75, 3.05) is 6.54 Å². The van der Waals surface area contributed by atoms with Crippen LogP contribution in [-0.2, 0) is 0 Å². The van der Waals surface area contributed by atoms with Crippen LogP contribution in [0.2, 0.25) is 0 Å². The number of hydrogen-bond acceptors (Lipinski definition) is 2. The molecule has 0 atom stereocenters. The zero-order chi connectivity index (χ0) is 8.81. The van der Waals surface area contributed by atoms with Crippen molar-refractivity contribution < 1.29 is 10.6 Å². The smallest absolute Gasteiger partial charge is 0.115 e. The topological polar surface area (TPSA) is 59.9 Å². The number of hydrogen-bond donors (Lipinski definition) is 2. The van der Waals surface area contributed by atoms with E-state index in [0.29, 0.717) is 6.54 Å². The minimum atomic E-state index is 0.252. The van der Waals surface area contributed by atoms with Gasteiger partial charge >= 0.3 is 0 Å². The first-order chi connectivity index (χ1) is 5.83. The third-order valence-electron chi connectivity index (χ3n) is 1.44. The summed E-state index contributed by atoms with van der Waals surface area (Å²) in [6.45, 7) is 0.431. The first kappa shape index (κ1) is 8.77. The fraction of sp³-hybridized carbons (Fsp3) is 0.111. The highest BCUT2D eigenvalue weighted by Gasteiger charge is 1.86. The first-order valence-corrected chi connectivity index (χ1v) is 3.72. The van der Waals surface area contributed by atoms with E-state index in [4.69, 9.17) is 5.11 Å². The summed E-state index contributed by atoms with van der Waals surface area (Å²) in [5.74, 6) is 0.252. The van der Waals surface area contributed by atoms with Crippen LogP contribution in [0.1, 0.15) is 5.56 Å². The van der Waals surface area contributed by atoms with Crippen LogP contribution in [0.3, 0.4) is 0 Å². The predicted molar refractivity (Wildman–Crippen MR) is 47.3 cm³/mol. The molecule has 1 aromatic rings. The van der Waals surface area contributed by atoms with E-state index >= 15 is 0 Å². The third-order valence-corrected chi connectivity index (χ3v) is 1.44. The van der Waals surface area contributed by atoms with Gasteiger partial charge in [0.05, 0.1) is 6.54 Å². The minimum Gasteiger partial charge on any atom is -0.636 e. The van der Waals surface area contributed by atoms with Crippen LogP contribution in [0.5, 0.6) is 5.75 Å². The molecule has 0 aromatic heterocycles. The molecule has 1 rings (SSSR count). The SMILES string of the molecule is [O-][NH2+]C/C=C\c1ccc(O)cc1. The quantitative estimate of drug-likeness (QED) is 0.639. The van der Waals surface area contributed by atoms with E-state index in [1.54, 1.807) is 30.3 Å². The molecule has 0 spiro atoms. The number of quaternary nitrogens is 1. The molecule has 0 saturated carbocycles. The molecule has 3 N–H and O–H groups in total. The van der Waals surface area contributed by atoms with Crippen molar-refractivity contribution in [3.63, 3.8) is 0 Å². The van der Waals surface area contributed by atoms with Gasteiger partial charge in [-0.15, -0.1) is 0 Å². The molecule has 0 amide bonds. The van der Waals surface area contributed by atoms with Gasteiger partial charge in [0.2, 0.25) is 0 Å². The number of benzene rings is 1. The second kappa shape index (κ2) is 4.54. The molecule has 0 unspecified atom stereocenters. The first-order valence-electron chi connectivity index (χ1n) is 3.72. The Morgan fingerprint density at radius 1 is 1.33 bits per heavy atom. The van der Waals surface area contributed by atoms with Gasteiger partial charge in [-0.05, 0) is 23.8 Å². The van der Waals surface area contributed by atoms with E-state index in [0.717, 1.165) is 11.0 Å². The van der Waals surface area contributed by atoms with Crippen molar-refractivity contribution in [2.24, 2.45) is 0 Å². The summed E-state index contributed by atoms with van der Waals surface area (Å²) in [5.41, 5.74) is 1.83. The third kappa shape index (κ3) is 2.74. The largest absolute Gasteiger partial charge is 0.636 e. The molecule has 0 aliphatic heterocycles. The van der Waals surface area contributed by atoms with Gasteiger partial charge in [-0.3, -0.25) is 0 Å². The summed E-state index contributed by atoms with van der Waals surface area (Å²) in [5, 5.41) is 18.9. The Kier molecular flexibility index (Phi) is 3.32. The molecule has 0 fully saturated rings. The van der Waals surface area contributed by atoms with Crippen LogP contribution < -0.4 is 5.48 Å². The van der Waals surface area contributed by atoms with E-state index in [-0.39, 0.29) is 5.75 Å². The van der Waals surface area contributed by atoms with E-state index in [1.165, 1.54) is 0 Å². The van der Waals surface area contributed by atoms with E-state index < -0.39 is 0 Å². The summed E-state index contributed by atoms with van der Waals surface area (Å²) >= 11 is 0. The molecule has 64 valence electrons. The summed E-state index contributed by atoms with van der Waals surface area (Å²) in [7, 11) is 0. The Hall–Kier alpha value is -1.32. The van der Waals surface area contributed by atoms with Crippen molar-refractivity contribution in [1.29, 1.82) is 0 Å². The maximum Gasteiger partial charge on any atom is 0.115 e. The van der Waals surface area contributed by atoms with Gasteiger partial charge in [0.25, 0.3) is 0 Å². The lowest BCUT2D eigenvalue weighted by Crippen LogP contribution is -2.76. The van der Waals surface area contributed by atoms with Gasteiger partial charge < -0.3 is 15.8 Å². The predicted octanol–water partition coefficient (Wildman–Crippen LogP) is 0.467. The minimum absolute atomic E-state index is 0.252. The molecule has 0 aliphatic carbocycles. The number of aromatic hydroxyl groups is 1. The van der Waals surface area contributed by atoms with Gasteiger partial charge in [-0.25, -0.2) is 0 Å². The molecule has 0 aliphatic rings. The number of phenols is 1. The average Bonchev–Trinajstić information content (AvgIpc) is 2.09. The molecule has 12 heavy (non-hydrogen) atoms. The second-order valence-electron chi connectivity index (χ2n) is 2.40. The normalized spacial score (nSPS) is 10.8. The lowest BCUT2D eigenvalue weighted by molar-refractivity contribution is -0.578. The summed E-state index contributed by atoms with van der Waals surface area (Å²) in [6.07, 6.45) is 3.62. The van der Waals surface area contributed by atoms with Crippen LogP contribution in [-0.4, -0.2) is 11.7 Å². The Morgan fingerprint density at radius 3 is 2.58 bits per heavy atom. The summed E-state index contributed by atoms with van der Waals surface area (Å²) in [6, 6.07) is 6.80. The lowest BCUT2D eigenvalue weighted by atomic mass is 10.2. The van der Waals surface area contributed by atoms with Crippen molar-refractivity contribution in [3.05, 3.63) is 41.1 Å². The van der Waals surface area contributed by atoms with Gasteiger partial charge in [0.1, 0.15) is 5.75 Å². The van der Waals surface area contributed by atoms with Crippen LogP contribution in [0.4, 0.5) is 0 Å². The Bertz CT molecular complexity index is 254. The standard InChI is InChI=1S/C9H11NO2/c11-9-5-3-8(4-6-9)2-1-7-10-12/h1-6,11H,7,10H2/b2-1-. The number of hydroxylamine groups is 1. The average molecular weight is 165 g/mol. The zero-order valence-electron chi connectivity index (χ0n) is 6.60. The van der Waals surface area contributed by atoms with E-state index in [2.05, 4.69) is 0 Å². The number of nitrogens with two attached hydrogens (primary N) is 1. The Labute approximate surface area is 70.9 Å². The van der Waals surface area contributed by atoms with Gasteiger partial charge in [-0.1, -0.05) is 18.2 Å². The molecule has 3 nitrogen and oxygen atoms in total. The van der Waals surface area contributed by atoms with E-state index in [1.807, 2.05) is 6.08 Å². The zero-order valence-corrected chi connectivity index (χ0v) is 6.60. The Balaban J connectivity index is 2.58. The van der Waals surface area contributed by atoms with Gasteiger partial charge in [0.15, 0.2) is 0 Å². The monoisotopic (exact) mass is 165 g/mol. The highest BCUT2D eigenvalue weighted by atomic mass is 16.5. The van der Waals surface area contributed by atoms with Crippen LogP contribution >= 0.6 is 0 Å². The van der Waals surface area contributed by atoms with Crippen LogP contribution in [0.15, 0.2) is 30.3 Å².